The highest BCUT2D eigenvalue weighted by molar-refractivity contribution is 5.96. The fraction of sp³-hybridized carbons (Fsp3) is 0.0667. The Hall–Kier alpha value is -2.96. The van der Waals surface area contributed by atoms with Gasteiger partial charge in [0.15, 0.2) is 6.61 Å². The van der Waals surface area contributed by atoms with Crippen LogP contribution in [-0.4, -0.2) is 18.4 Å². The Morgan fingerprint density at radius 3 is 2.36 bits per heavy atom. The van der Waals surface area contributed by atoms with E-state index in [0.717, 1.165) is 12.1 Å². The van der Waals surface area contributed by atoms with E-state index in [9.17, 15) is 18.4 Å². The van der Waals surface area contributed by atoms with Gasteiger partial charge in [-0.15, -0.1) is 0 Å². The van der Waals surface area contributed by atoms with E-state index >= 15 is 0 Å². The molecule has 2 rings (SSSR count). The molecule has 0 aliphatic heterocycles. The molecule has 0 heterocycles. The van der Waals surface area contributed by atoms with Gasteiger partial charge in [0, 0.05) is 11.8 Å². The molecule has 2 aromatic carbocycles. The highest BCUT2D eigenvalue weighted by Crippen LogP contribution is 2.17. The number of para-hydroxylation sites is 1. The summed E-state index contributed by atoms with van der Waals surface area (Å²) < 4.78 is 31.2. The fourth-order valence-corrected chi connectivity index (χ4v) is 1.76. The number of anilines is 1. The van der Waals surface area contributed by atoms with Crippen LogP contribution in [0.25, 0.3) is 0 Å². The van der Waals surface area contributed by atoms with E-state index in [-0.39, 0.29) is 17.0 Å². The first-order chi connectivity index (χ1) is 10.5. The maximum Gasteiger partial charge on any atom is 0.262 e. The molecule has 0 aliphatic rings. The molecule has 0 saturated heterocycles. The summed E-state index contributed by atoms with van der Waals surface area (Å²) in [6.45, 7) is -0.442. The molecular weight excluding hydrogens is 294 g/mol. The van der Waals surface area contributed by atoms with Gasteiger partial charge in [-0.1, -0.05) is 12.1 Å². The van der Waals surface area contributed by atoms with Gasteiger partial charge in [0.05, 0.1) is 5.56 Å². The van der Waals surface area contributed by atoms with Crippen LogP contribution in [0.3, 0.4) is 0 Å². The van der Waals surface area contributed by atoms with Gasteiger partial charge in [-0.05, 0) is 24.3 Å². The molecule has 0 spiro atoms. The third-order valence-electron chi connectivity index (χ3n) is 2.66. The van der Waals surface area contributed by atoms with Crippen molar-refractivity contribution in [3.8, 4) is 5.75 Å². The van der Waals surface area contributed by atoms with Crippen molar-refractivity contribution in [1.82, 2.24) is 0 Å². The average molecular weight is 306 g/mol. The summed E-state index contributed by atoms with van der Waals surface area (Å²) in [5.74, 6) is -2.80. The number of hydrogen-bond donors (Lipinski definition) is 2. The van der Waals surface area contributed by atoms with Gasteiger partial charge in [0.1, 0.15) is 17.4 Å². The first kappa shape index (κ1) is 15.4. The lowest BCUT2D eigenvalue weighted by atomic mass is 10.2. The maximum absolute atomic E-state index is 13.0. The monoisotopic (exact) mass is 306 g/mol. The van der Waals surface area contributed by atoms with Crippen molar-refractivity contribution < 1.29 is 23.1 Å². The van der Waals surface area contributed by atoms with E-state index in [2.05, 4.69) is 5.32 Å². The number of hydrogen-bond acceptors (Lipinski definition) is 3. The number of carbonyl (C=O) groups excluding carboxylic acids is 2. The van der Waals surface area contributed by atoms with Crippen LogP contribution in [-0.2, 0) is 4.79 Å². The Kier molecular flexibility index (Phi) is 4.67. The van der Waals surface area contributed by atoms with Crippen LogP contribution in [0.4, 0.5) is 14.5 Å². The Morgan fingerprint density at radius 1 is 1.09 bits per heavy atom. The predicted molar refractivity (Wildman–Crippen MR) is 75.4 cm³/mol. The maximum atomic E-state index is 13.0. The van der Waals surface area contributed by atoms with Crippen molar-refractivity contribution in [2.24, 2.45) is 5.73 Å². The first-order valence-electron chi connectivity index (χ1n) is 6.23. The van der Waals surface area contributed by atoms with Crippen molar-refractivity contribution in [3.63, 3.8) is 0 Å². The molecular formula is C15H12F2N2O3. The number of amides is 2. The molecule has 2 aromatic rings. The van der Waals surface area contributed by atoms with Crippen molar-refractivity contribution in [3.05, 3.63) is 59.7 Å². The minimum Gasteiger partial charge on any atom is -0.483 e. The highest BCUT2D eigenvalue weighted by Gasteiger charge is 2.11. The zero-order chi connectivity index (χ0) is 16.1. The molecule has 0 aliphatic carbocycles. The molecule has 7 heteroatoms. The van der Waals surface area contributed by atoms with Gasteiger partial charge in [-0.2, -0.15) is 0 Å². The molecule has 0 unspecified atom stereocenters. The quantitative estimate of drug-likeness (QED) is 0.887. The minimum absolute atomic E-state index is 0.0331. The standard InChI is InChI=1S/C15H12F2N2O3/c16-9-5-10(17)7-11(6-9)19-14(20)8-22-13-4-2-1-3-12(13)15(18)21/h1-7H,8H2,(H2,18,21)(H,19,20). The van der Waals surface area contributed by atoms with Crippen LogP contribution in [0.2, 0.25) is 0 Å². The summed E-state index contributed by atoms with van der Waals surface area (Å²) in [6.07, 6.45) is 0. The van der Waals surface area contributed by atoms with Crippen LogP contribution in [0.5, 0.6) is 5.75 Å². The molecule has 0 atom stereocenters. The van der Waals surface area contributed by atoms with Crippen LogP contribution < -0.4 is 15.8 Å². The number of nitrogens with one attached hydrogen (secondary N) is 1. The molecule has 0 aromatic heterocycles. The second kappa shape index (κ2) is 6.66. The van der Waals surface area contributed by atoms with Crippen molar-refractivity contribution in [2.45, 2.75) is 0 Å². The van der Waals surface area contributed by atoms with Gasteiger partial charge in [0.25, 0.3) is 11.8 Å². The predicted octanol–water partition coefficient (Wildman–Crippen LogP) is 2.08. The van der Waals surface area contributed by atoms with Crippen molar-refractivity contribution in [1.29, 1.82) is 0 Å². The summed E-state index contributed by atoms with van der Waals surface area (Å²) >= 11 is 0. The highest BCUT2D eigenvalue weighted by atomic mass is 19.1. The van der Waals surface area contributed by atoms with Gasteiger partial charge in [-0.25, -0.2) is 8.78 Å². The molecule has 3 N–H and O–H groups in total. The van der Waals surface area contributed by atoms with E-state index < -0.39 is 30.1 Å². The second-order valence-electron chi connectivity index (χ2n) is 4.36. The smallest absolute Gasteiger partial charge is 0.262 e. The molecule has 2 amide bonds. The molecule has 114 valence electrons. The molecule has 5 nitrogen and oxygen atoms in total. The van der Waals surface area contributed by atoms with Crippen LogP contribution in [0.1, 0.15) is 10.4 Å². The van der Waals surface area contributed by atoms with Crippen LogP contribution in [0, 0.1) is 11.6 Å². The number of primary amides is 1. The Bertz CT molecular complexity index is 699. The number of carbonyl (C=O) groups is 2. The molecule has 0 fully saturated rings. The number of nitrogens with two attached hydrogens (primary N) is 1. The third-order valence-corrected chi connectivity index (χ3v) is 2.66. The van der Waals surface area contributed by atoms with Gasteiger partial charge in [-0.3, -0.25) is 9.59 Å². The SMILES string of the molecule is NC(=O)c1ccccc1OCC(=O)Nc1cc(F)cc(F)c1. The van der Waals surface area contributed by atoms with Gasteiger partial charge < -0.3 is 15.8 Å². The number of halogens is 2. The topological polar surface area (TPSA) is 81.4 Å². The van der Waals surface area contributed by atoms with Crippen LogP contribution >= 0.6 is 0 Å². The Labute approximate surface area is 124 Å². The van der Waals surface area contributed by atoms with E-state index in [0.29, 0.717) is 6.07 Å². The third kappa shape index (κ3) is 4.02. The van der Waals surface area contributed by atoms with E-state index in [1.807, 2.05) is 0 Å². The molecule has 0 radical (unpaired) electrons. The van der Waals surface area contributed by atoms with Gasteiger partial charge >= 0.3 is 0 Å². The molecule has 22 heavy (non-hydrogen) atoms. The largest absolute Gasteiger partial charge is 0.483 e. The summed E-state index contributed by atoms with van der Waals surface area (Å²) in [5.41, 5.74) is 5.27. The first-order valence-corrected chi connectivity index (χ1v) is 6.23. The number of benzene rings is 2. The Balaban J connectivity index is 2.00. The summed E-state index contributed by atoms with van der Waals surface area (Å²) in [7, 11) is 0. The summed E-state index contributed by atoms with van der Waals surface area (Å²) in [4.78, 5) is 22.9. The zero-order valence-electron chi connectivity index (χ0n) is 11.3. The molecule has 0 saturated carbocycles. The normalized spacial score (nSPS) is 10.1. The average Bonchev–Trinajstić information content (AvgIpc) is 2.44. The lowest BCUT2D eigenvalue weighted by Crippen LogP contribution is -2.21. The summed E-state index contributed by atoms with van der Waals surface area (Å²) in [6, 6.07) is 8.78. The zero-order valence-corrected chi connectivity index (χ0v) is 11.3. The van der Waals surface area contributed by atoms with Crippen LogP contribution in [0.15, 0.2) is 42.5 Å². The fourth-order valence-electron chi connectivity index (χ4n) is 1.76. The lowest BCUT2D eigenvalue weighted by Gasteiger charge is -2.10. The molecule has 0 bridgehead atoms. The van der Waals surface area contributed by atoms with E-state index in [1.54, 1.807) is 12.1 Å². The van der Waals surface area contributed by atoms with E-state index in [4.69, 9.17) is 10.5 Å². The van der Waals surface area contributed by atoms with Crippen molar-refractivity contribution in [2.75, 3.05) is 11.9 Å². The minimum atomic E-state index is -0.810. The Morgan fingerprint density at radius 2 is 1.73 bits per heavy atom. The second-order valence-corrected chi connectivity index (χ2v) is 4.36. The number of ether oxygens (including phenoxy) is 1. The van der Waals surface area contributed by atoms with Gasteiger partial charge in [0.2, 0.25) is 0 Å². The van der Waals surface area contributed by atoms with E-state index in [1.165, 1.54) is 12.1 Å². The number of rotatable bonds is 5. The summed E-state index contributed by atoms with van der Waals surface area (Å²) in [5, 5.41) is 2.28. The lowest BCUT2D eigenvalue weighted by molar-refractivity contribution is -0.118. The van der Waals surface area contributed by atoms with Crippen molar-refractivity contribution >= 4 is 17.5 Å².